The molecular formula is C29H33FN2O7S. The molecule has 1 heterocycles. The van der Waals surface area contributed by atoms with Crippen LogP contribution in [0.25, 0.3) is 11.1 Å². The van der Waals surface area contributed by atoms with Gasteiger partial charge in [-0.3, -0.25) is 9.59 Å². The minimum Gasteiger partial charge on any atom is -0.496 e. The topological polar surface area (TPSA) is 121 Å². The van der Waals surface area contributed by atoms with Gasteiger partial charge < -0.3 is 19.4 Å². The Morgan fingerprint density at radius 3 is 2.25 bits per heavy atom. The Balaban J connectivity index is 2.26. The van der Waals surface area contributed by atoms with Crippen LogP contribution in [0.15, 0.2) is 53.5 Å². The van der Waals surface area contributed by atoms with Crippen LogP contribution in [0.5, 0.6) is 5.75 Å². The van der Waals surface area contributed by atoms with E-state index in [0.29, 0.717) is 22.3 Å². The number of rotatable bonds is 9. The molecule has 9 nitrogen and oxygen atoms in total. The summed E-state index contributed by atoms with van der Waals surface area (Å²) in [4.78, 5) is 38.6. The standard InChI is InChI=1S/C29H33FN2O7S/c1-7-40(36,37)17-20-12-22(23(14-25(20)38-6)27(34)18-8-10-21(30)11-9-18)24-15-32(5)26(33)13-19(24)16-39-28(35)31-29(2,3)4/h8-15H,7,16-17H2,1-6H3,(H,31,35). The average molecular weight is 573 g/mol. The number of ketones is 1. The number of sulfone groups is 1. The zero-order valence-corrected chi connectivity index (χ0v) is 24.1. The molecule has 3 aromatic rings. The van der Waals surface area contributed by atoms with Crippen LogP contribution in [0.4, 0.5) is 9.18 Å². The van der Waals surface area contributed by atoms with Crippen LogP contribution in [0, 0.1) is 5.82 Å². The van der Waals surface area contributed by atoms with Gasteiger partial charge in [0.2, 0.25) is 0 Å². The fourth-order valence-corrected chi connectivity index (χ4v) is 4.85. The molecule has 0 aliphatic heterocycles. The molecule has 1 aromatic heterocycles. The van der Waals surface area contributed by atoms with Crippen molar-refractivity contribution in [2.45, 2.75) is 45.6 Å². The fourth-order valence-electron chi connectivity index (χ4n) is 3.95. The van der Waals surface area contributed by atoms with E-state index in [1.807, 2.05) is 0 Å². The number of carbonyl (C=O) groups excluding carboxylic acids is 2. The lowest BCUT2D eigenvalue weighted by Gasteiger charge is -2.21. The van der Waals surface area contributed by atoms with Crippen LogP contribution in [-0.4, -0.2) is 43.3 Å². The number of hydrogen-bond acceptors (Lipinski definition) is 7. The summed E-state index contributed by atoms with van der Waals surface area (Å²) in [6.07, 6.45) is 0.788. The number of methoxy groups -OCH3 is 1. The largest absolute Gasteiger partial charge is 0.496 e. The zero-order valence-electron chi connectivity index (χ0n) is 23.3. The van der Waals surface area contributed by atoms with Crippen LogP contribution < -0.4 is 15.6 Å². The number of aromatic nitrogens is 1. The summed E-state index contributed by atoms with van der Waals surface area (Å²) in [5.41, 5.74) is 0.641. The number of nitrogens with one attached hydrogen (secondary N) is 1. The van der Waals surface area contributed by atoms with Crippen molar-refractivity contribution in [2.24, 2.45) is 7.05 Å². The van der Waals surface area contributed by atoms with Crippen molar-refractivity contribution >= 4 is 21.7 Å². The Kier molecular flexibility index (Phi) is 9.19. The highest BCUT2D eigenvalue weighted by atomic mass is 32.2. The van der Waals surface area contributed by atoms with E-state index in [9.17, 15) is 27.2 Å². The second-order valence-electron chi connectivity index (χ2n) is 10.3. The molecule has 0 saturated heterocycles. The lowest BCUT2D eigenvalue weighted by molar-refractivity contribution is 0.103. The highest BCUT2D eigenvalue weighted by molar-refractivity contribution is 7.90. The first kappa shape index (κ1) is 30.6. The Morgan fingerprint density at radius 1 is 1.02 bits per heavy atom. The third kappa shape index (κ3) is 7.56. The summed E-state index contributed by atoms with van der Waals surface area (Å²) >= 11 is 0. The molecule has 0 aliphatic carbocycles. The maximum atomic E-state index is 13.7. The van der Waals surface area contributed by atoms with E-state index in [1.165, 1.54) is 62.2 Å². The van der Waals surface area contributed by atoms with Gasteiger partial charge in [-0.1, -0.05) is 6.92 Å². The van der Waals surface area contributed by atoms with Crippen molar-refractivity contribution in [3.8, 4) is 16.9 Å². The lowest BCUT2D eigenvalue weighted by atomic mass is 9.90. The summed E-state index contributed by atoms with van der Waals surface area (Å²) in [5.74, 6) is -1.27. The maximum Gasteiger partial charge on any atom is 0.407 e. The molecule has 0 aliphatic rings. The molecule has 0 radical (unpaired) electrons. The molecule has 1 amide bonds. The molecule has 3 rings (SSSR count). The number of nitrogens with zero attached hydrogens (tertiary/aromatic N) is 1. The first-order valence-electron chi connectivity index (χ1n) is 12.5. The Morgan fingerprint density at radius 2 is 1.68 bits per heavy atom. The SMILES string of the molecule is CCS(=O)(=O)Cc1cc(-c2cn(C)c(=O)cc2COC(=O)NC(C)(C)C)c(C(=O)c2ccc(F)cc2)cc1OC. The first-order valence-corrected chi connectivity index (χ1v) is 14.3. The molecule has 11 heteroatoms. The molecule has 0 spiro atoms. The Bertz CT molecular complexity index is 1590. The molecule has 0 saturated carbocycles. The minimum absolute atomic E-state index is 0.108. The summed E-state index contributed by atoms with van der Waals surface area (Å²) in [6.45, 7) is 6.59. The summed E-state index contributed by atoms with van der Waals surface area (Å²) < 4.78 is 50.8. The Labute approximate surface area is 232 Å². The number of carbonyl (C=O) groups is 2. The molecule has 0 atom stereocenters. The monoisotopic (exact) mass is 572 g/mol. The second kappa shape index (κ2) is 12.0. The molecule has 2 aromatic carbocycles. The molecule has 1 N–H and O–H groups in total. The highest BCUT2D eigenvalue weighted by Crippen LogP contribution is 2.35. The second-order valence-corrected chi connectivity index (χ2v) is 12.7. The number of hydrogen-bond donors (Lipinski definition) is 1. The number of pyridine rings is 1. The summed E-state index contributed by atoms with van der Waals surface area (Å²) in [5, 5.41) is 2.67. The molecule has 0 bridgehead atoms. The van der Waals surface area contributed by atoms with E-state index in [0.717, 1.165) is 12.1 Å². The van der Waals surface area contributed by atoms with Gasteiger partial charge >= 0.3 is 6.09 Å². The average Bonchev–Trinajstić information content (AvgIpc) is 2.87. The van der Waals surface area contributed by atoms with E-state index in [2.05, 4.69) is 5.32 Å². The third-order valence-corrected chi connectivity index (χ3v) is 7.66. The number of alkyl carbamates (subject to hydrolysis) is 1. The van der Waals surface area contributed by atoms with Gasteiger partial charge in [-0.2, -0.15) is 0 Å². The van der Waals surface area contributed by atoms with Crippen LogP contribution in [-0.2, 0) is 34.0 Å². The normalized spacial score (nSPS) is 11.7. The van der Waals surface area contributed by atoms with Crippen molar-refractivity contribution < 1.29 is 31.9 Å². The van der Waals surface area contributed by atoms with Gasteiger partial charge in [0.15, 0.2) is 15.6 Å². The van der Waals surface area contributed by atoms with Crippen molar-refractivity contribution in [3.63, 3.8) is 0 Å². The highest BCUT2D eigenvalue weighted by Gasteiger charge is 2.24. The quantitative estimate of drug-likeness (QED) is 0.378. The molecule has 40 heavy (non-hydrogen) atoms. The van der Waals surface area contributed by atoms with Crippen molar-refractivity contribution in [1.82, 2.24) is 9.88 Å². The van der Waals surface area contributed by atoms with Gasteiger partial charge in [0.05, 0.1) is 12.9 Å². The summed E-state index contributed by atoms with van der Waals surface area (Å²) in [7, 11) is -0.610. The van der Waals surface area contributed by atoms with E-state index >= 15 is 0 Å². The fraction of sp³-hybridized carbons (Fsp3) is 0.345. The number of aryl methyl sites for hydroxylation is 1. The predicted octanol–water partition coefficient (Wildman–Crippen LogP) is 4.39. The number of halogens is 1. The maximum absolute atomic E-state index is 13.7. The first-order chi connectivity index (χ1) is 18.6. The van der Waals surface area contributed by atoms with Crippen LogP contribution in [0.1, 0.15) is 54.7 Å². The van der Waals surface area contributed by atoms with Gasteiger partial charge in [-0.25, -0.2) is 17.6 Å². The molecule has 214 valence electrons. The number of amides is 1. The van der Waals surface area contributed by atoms with Crippen LogP contribution in [0.3, 0.4) is 0 Å². The minimum atomic E-state index is -3.50. The zero-order chi connectivity index (χ0) is 29.8. The van der Waals surface area contributed by atoms with Gasteiger partial charge in [0, 0.05) is 58.4 Å². The van der Waals surface area contributed by atoms with E-state index in [4.69, 9.17) is 9.47 Å². The van der Waals surface area contributed by atoms with E-state index < -0.39 is 33.1 Å². The predicted molar refractivity (Wildman–Crippen MR) is 150 cm³/mol. The van der Waals surface area contributed by atoms with E-state index in [1.54, 1.807) is 20.8 Å². The van der Waals surface area contributed by atoms with Gasteiger partial charge in [0.1, 0.15) is 18.2 Å². The van der Waals surface area contributed by atoms with Crippen LogP contribution in [0.2, 0.25) is 0 Å². The van der Waals surface area contributed by atoms with Gasteiger partial charge in [-0.15, -0.1) is 0 Å². The van der Waals surface area contributed by atoms with Crippen molar-refractivity contribution in [1.29, 1.82) is 0 Å². The third-order valence-electron chi connectivity index (χ3n) is 6.03. The van der Waals surface area contributed by atoms with Crippen LogP contribution >= 0.6 is 0 Å². The van der Waals surface area contributed by atoms with Gasteiger partial charge in [-0.05, 0) is 62.7 Å². The van der Waals surface area contributed by atoms with E-state index in [-0.39, 0.29) is 40.5 Å². The Hall–Kier alpha value is -3.99. The van der Waals surface area contributed by atoms with Crippen molar-refractivity contribution in [3.05, 3.63) is 87.1 Å². The van der Waals surface area contributed by atoms with Crippen molar-refractivity contribution in [2.75, 3.05) is 12.9 Å². The van der Waals surface area contributed by atoms with Gasteiger partial charge in [0.25, 0.3) is 5.56 Å². The molecular weight excluding hydrogens is 539 g/mol. The molecule has 0 unspecified atom stereocenters. The smallest absolute Gasteiger partial charge is 0.407 e. The summed E-state index contributed by atoms with van der Waals surface area (Å²) in [6, 6.07) is 9.25. The lowest BCUT2D eigenvalue weighted by Crippen LogP contribution is -2.40. The number of benzene rings is 2. The number of ether oxygens (including phenoxy) is 2. The molecule has 0 fully saturated rings.